The SMILES string of the molecule is O=C(COc1ccccc1)N1CC2CC(C1)c1cccc(=O)n1C2. The van der Waals surface area contributed by atoms with E-state index in [9.17, 15) is 9.59 Å². The highest BCUT2D eigenvalue weighted by atomic mass is 16.5. The van der Waals surface area contributed by atoms with E-state index in [0.717, 1.165) is 12.1 Å². The van der Waals surface area contributed by atoms with Crippen molar-refractivity contribution >= 4 is 5.91 Å². The summed E-state index contributed by atoms with van der Waals surface area (Å²) in [7, 11) is 0. The molecular weight excluding hydrogens is 304 g/mol. The van der Waals surface area contributed by atoms with Gasteiger partial charge < -0.3 is 14.2 Å². The lowest BCUT2D eigenvalue weighted by Crippen LogP contribution is -2.50. The summed E-state index contributed by atoms with van der Waals surface area (Å²) in [6.07, 6.45) is 1.05. The van der Waals surface area contributed by atoms with E-state index in [2.05, 4.69) is 0 Å². The van der Waals surface area contributed by atoms with Gasteiger partial charge in [0.2, 0.25) is 0 Å². The van der Waals surface area contributed by atoms with Crippen molar-refractivity contribution in [1.82, 2.24) is 9.47 Å². The number of hydrogen-bond donors (Lipinski definition) is 0. The summed E-state index contributed by atoms with van der Waals surface area (Å²) in [6.45, 7) is 2.13. The summed E-state index contributed by atoms with van der Waals surface area (Å²) < 4.78 is 7.46. The summed E-state index contributed by atoms with van der Waals surface area (Å²) in [5.41, 5.74) is 1.12. The van der Waals surface area contributed by atoms with Gasteiger partial charge >= 0.3 is 0 Å². The van der Waals surface area contributed by atoms with E-state index in [1.165, 1.54) is 0 Å². The van der Waals surface area contributed by atoms with Crippen LogP contribution in [0.25, 0.3) is 0 Å². The summed E-state index contributed by atoms with van der Waals surface area (Å²) in [5.74, 6) is 1.31. The minimum Gasteiger partial charge on any atom is -0.484 e. The monoisotopic (exact) mass is 324 g/mol. The molecule has 2 unspecified atom stereocenters. The lowest BCUT2D eigenvalue weighted by Gasteiger charge is -2.42. The smallest absolute Gasteiger partial charge is 0.260 e. The number of piperidine rings is 1. The number of hydrogen-bond acceptors (Lipinski definition) is 3. The molecule has 2 atom stereocenters. The number of pyridine rings is 1. The first-order valence-electron chi connectivity index (χ1n) is 8.36. The van der Waals surface area contributed by atoms with Gasteiger partial charge in [-0.25, -0.2) is 0 Å². The zero-order chi connectivity index (χ0) is 16.5. The zero-order valence-corrected chi connectivity index (χ0v) is 13.4. The summed E-state index contributed by atoms with van der Waals surface area (Å²) >= 11 is 0. The van der Waals surface area contributed by atoms with Crippen LogP contribution < -0.4 is 10.3 Å². The van der Waals surface area contributed by atoms with Crippen LogP contribution in [0.5, 0.6) is 5.75 Å². The topological polar surface area (TPSA) is 51.5 Å². The van der Waals surface area contributed by atoms with Crippen molar-refractivity contribution in [3.05, 3.63) is 64.6 Å². The number of aromatic nitrogens is 1. The molecule has 2 aliphatic heterocycles. The average Bonchev–Trinajstić information content (AvgIpc) is 2.61. The number of para-hydroxylation sites is 1. The van der Waals surface area contributed by atoms with E-state index in [4.69, 9.17) is 4.74 Å². The Morgan fingerprint density at radius 1 is 1.04 bits per heavy atom. The van der Waals surface area contributed by atoms with E-state index < -0.39 is 0 Å². The molecule has 5 heteroatoms. The molecule has 0 spiro atoms. The van der Waals surface area contributed by atoms with Crippen LogP contribution in [0.4, 0.5) is 0 Å². The van der Waals surface area contributed by atoms with E-state index in [0.29, 0.717) is 31.3 Å². The Hall–Kier alpha value is -2.56. The van der Waals surface area contributed by atoms with Gasteiger partial charge in [-0.05, 0) is 30.5 Å². The van der Waals surface area contributed by atoms with Crippen molar-refractivity contribution < 1.29 is 9.53 Å². The van der Waals surface area contributed by atoms with Crippen LogP contribution in [0, 0.1) is 5.92 Å². The predicted molar refractivity (Wildman–Crippen MR) is 90.1 cm³/mol. The Kier molecular flexibility index (Phi) is 3.84. The molecule has 4 rings (SSSR count). The molecule has 0 saturated carbocycles. The highest BCUT2D eigenvalue weighted by Crippen LogP contribution is 2.34. The molecule has 2 bridgehead atoms. The molecule has 1 amide bonds. The molecule has 5 nitrogen and oxygen atoms in total. The number of likely N-dealkylation sites (tertiary alicyclic amines) is 1. The lowest BCUT2D eigenvalue weighted by molar-refractivity contribution is -0.136. The Morgan fingerprint density at radius 3 is 2.71 bits per heavy atom. The second-order valence-electron chi connectivity index (χ2n) is 6.60. The van der Waals surface area contributed by atoms with E-state index in [-0.39, 0.29) is 24.0 Å². The van der Waals surface area contributed by atoms with Gasteiger partial charge in [-0.1, -0.05) is 24.3 Å². The Balaban J connectivity index is 1.46. The van der Waals surface area contributed by atoms with Crippen LogP contribution in [0.1, 0.15) is 18.0 Å². The quantitative estimate of drug-likeness (QED) is 0.866. The third-order valence-corrected chi connectivity index (χ3v) is 4.94. The van der Waals surface area contributed by atoms with Gasteiger partial charge in [-0.3, -0.25) is 9.59 Å². The first-order chi connectivity index (χ1) is 11.7. The molecule has 1 fully saturated rings. The molecule has 2 aromatic rings. The number of carbonyl (C=O) groups excluding carboxylic acids is 1. The number of fused-ring (bicyclic) bond motifs is 4. The van der Waals surface area contributed by atoms with Crippen molar-refractivity contribution in [3.8, 4) is 5.75 Å². The first kappa shape index (κ1) is 15.0. The molecule has 24 heavy (non-hydrogen) atoms. The average molecular weight is 324 g/mol. The Bertz CT molecular complexity index is 800. The maximum Gasteiger partial charge on any atom is 0.260 e. The molecular formula is C19H20N2O3. The van der Waals surface area contributed by atoms with Crippen molar-refractivity contribution in [1.29, 1.82) is 0 Å². The van der Waals surface area contributed by atoms with Crippen molar-refractivity contribution in [2.75, 3.05) is 19.7 Å². The number of benzene rings is 1. The van der Waals surface area contributed by atoms with Crippen LogP contribution in [0.15, 0.2) is 53.3 Å². The molecule has 124 valence electrons. The number of carbonyl (C=O) groups is 1. The molecule has 0 N–H and O–H groups in total. The Morgan fingerprint density at radius 2 is 1.88 bits per heavy atom. The largest absolute Gasteiger partial charge is 0.484 e. The third-order valence-electron chi connectivity index (χ3n) is 4.94. The standard InChI is InChI=1S/C19H20N2O3/c22-18-8-4-7-17-15-9-14(11-21(17)18)10-20(12-15)19(23)13-24-16-5-2-1-3-6-16/h1-8,14-15H,9-13H2. The maximum absolute atomic E-state index is 12.5. The highest BCUT2D eigenvalue weighted by Gasteiger charge is 2.36. The van der Waals surface area contributed by atoms with Crippen LogP contribution in [0.3, 0.4) is 0 Å². The van der Waals surface area contributed by atoms with Crippen LogP contribution in [-0.2, 0) is 11.3 Å². The van der Waals surface area contributed by atoms with Crippen molar-refractivity contribution in [2.24, 2.45) is 5.92 Å². The fourth-order valence-corrected chi connectivity index (χ4v) is 3.85. The normalized spacial score (nSPS) is 21.9. The number of ether oxygens (including phenoxy) is 1. The molecule has 1 aromatic heterocycles. The van der Waals surface area contributed by atoms with Crippen LogP contribution in [0.2, 0.25) is 0 Å². The van der Waals surface area contributed by atoms with E-state index >= 15 is 0 Å². The van der Waals surface area contributed by atoms with E-state index in [1.54, 1.807) is 6.07 Å². The van der Waals surface area contributed by atoms with Crippen LogP contribution in [-0.4, -0.2) is 35.1 Å². The summed E-state index contributed by atoms with van der Waals surface area (Å²) in [5, 5.41) is 0. The van der Waals surface area contributed by atoms with Crippen molar-refractivity contribution in [2.45, 2.75) is 18.9 Å². The second kappa shape index (κ2) is 6.15. The predicted octanol–water partition coefficient (Wildman–Crippen LogP) is 1.87. The fourth-order valence-electron chi connectivity index (χ4n) is 3.85. The second-order valence-corrected chi connectivity index (χ2v) is 6.60. The number of amides is 1. The molecule has 1 saturated heterocycles. The van der Waals surface area contributed by atoms with Gasteiger partial charge in [0.25, 0.3) is 11.5 Å². The Labute approximate surface area is 140 Å². The maximum atomic E-state index is 12.5. The minimum absolute atomic E-state index is 0.0141. The number of nitrogens with zero attached hydrogens (tertiary/aromatic N) is 2. The highest BCUT2D eigenvalue weighted by molar-refractivity contribution is 5.78. The third kappa shape index (κ3) is 2.82. The number of rotatable bonds is 3. The van der Waals surface area contributed by atoms with Gasteiger partial charge in [0.1, 0.15) is 5.75 Å². The first-order valence-corrected chi connectivity index (χ1v) is 8.36. The van der Waals surface area contributed by atoms with Gasteiger partial charge in [0.15, 0.2) is 6.61 Å². The van der Waals surface area contributed by atoms with E-state index in [1.807, 2.05) is 51.9 Å². The van der Waals surface area contributed by atoms with Crippen molar-refractivity contribution in [3.63, 3.8) is 0 Å². The van der Waals surface area contributed by atoms with Crippen LogP contribution >= 0.6 is 0 Å². The molecule has 0 radical (unpaired) electrons. The molecule has 2 aliphatic rings. The fraction of sp³-hybridized carbons (Fsp3) is 0.368. The lowest BCUT2D eigenvalue weighted by atomic mass is 9.83. The minimum atomic E-state index is 0.0141. The van der Waals surface area contributed by atoms with Gasteiger partial charge in [-0.2, -0.15) is 0 Å². The molecule has 1 aromatic carbocycles. The summed E-state index contributed by atoms with van der Waals surface area (Å²) in [4.78, 5) is 26.4. The molecule has 0 aliphatic carbocycles. The molecule has 3 heterocycles. The zero-order valence-electron chi connectivity index (χ0n) is 13.4. The summed E-state index contributed by atoms with van der Waals surface area (Å²) in [6, 6.07) is 14.8. The van der Waals surface area contributed by atoms with Gasteiger partial charge in [-0.15, -0.1) is 0 Å². The van der Waals surface area contributed by atoms with Gasteiger partial charge in [0, 0.05) is 37.3 Å². The van der Waals surface area contributed by atoms with Gasteiger partial charge in [0.05, 0.1) is 0 Å².